The molecule has 0 radical (unpaired) electrons. The van der Waals surface area contributed by atoms with E-state index in [0.29, 0.717) is 11.3 Å². The molecule has 2 aromatic carbocycles. The van der Waals surface area contributed by atoms with Crippen LogP contribution in [0.15, 0.2) is 42.5 Å². The standard InChI is InChI=1S/C13H9ClFNO3/c14-8-9-1-6-13(12(7-9)16(17)18)19-11-4-2-10(15)3-5-11/h1-7H,8H2. The molecule has 0 saturated heterocycles. The van der Waals surface area contributed by atoms with Crippen LogP contribution in [0.5, 0.6) is 11.5 Å². The molecule has 2 aromatic rings. The molecule has 0 aromatic heterocycles. The minimum atomic E-state index is -0.547. The Kier molecular flexibility index (Phi) is 3.97. The van der Waals surface area contributed by atoms with Crippen molar-refractivity contribution in [3.05, 3.63) is 64.0 Å². The van der Waals surface area contributed by atoms with E-state index in [0.717, 1.165) is 0 Å². The maximum Gasteiger partial charge on any atom is 0.311 e. The van der Waals surface area contributed by atoms with Gasteiger partial charge in [-0.25, -0.2) is 4.39 Å². The van der Waals surface area contributed by atoms with Crippen molar-refractivity contribution in [2.24, 2.45) is 0 Å². The van der Waals surface area contributed by atoms with Gasteiger partial charge in [0.15, 0.2) is 0 Å². The zero-order valence-corrected chi connectivity index (χ0v) is 10.4. The molecular weight excluding hydrogens is 273 g/mol. The van der Waals surface area contributed by atoms with E-state index in [-0.39, 0.29) is 17.3 Å². The summed E-state index contributed by atoms with van der Waals surface area (Å²) in [6, 6.07) is 9.69. The molecule has 0 aliphatic carbocycles. The summed E-state index contributed by atoms with van der Waals surface area (Å²) >= 11 is 5.63. The smallest absolute Gasteiger partial charge is 0.311 e. The minimum Gasteiger partial charge on any atom is -0.450 e. The van der Waals surface area contributed by atoms with Gasteiger partial charge in [-0.15, -0.1) is 11.6 Å². The number of nitrogens with zero attached hydrogens (tertiary/aromatic N) is 1. The lowest BCUT2D eigenvalue weighted by Crippen LogP contribution is -1.94. The van der Waals surface area contributed by atoms with E-state index in [1.165, 1.54) is 36.4 Å². The Morgan fingerprint density at radius 1 is 1.21 bits per heavy atom. The normalized spacial score (nSPS) is 10.2. The van der Waals surface area contributed by atoms with Crippen LogP contribution in [0.2, 0.25) is 0 Å². The topological polar surface area (TPSA) is 52.4 Å². The van der Waals surface area contributed by atoms with Gasteiger partial charge >= 0.3 is 5.69 Å². The van der Waals surface area contributed by atoms with Crippen molar-refractivity contribution >= 4 is 17.3 Å². The van der Waals surface area contributed by atoms with Crippen LogP contribution in [0.4, 0.5) is 10.1 Å². The van der Waals surface area contributed by atoms with Gasteiger partial charge in [0.25, 0.3) is 0 Å². The first-order valence-corrected chi connectivity index (χ1v) is 5.90. The quantitative estimate of drug-likeness (QED) is 0.478. The largest absolute Gasteiger partial charge is 0.450 e. The third kappa shape index (κ3) is 3.20. The molecule has 0 unspecified atom stereocenters. The molecule has 0 bridgehead atoms. The van der Waals surface area contributed by atoms with Crippen LogP contribution < -0.4 is 4.74 Å². The van der Waals surface area contributed by atoms with Crippen molar-refractivity contribution in [3.8, 4) is 11.5 Å². The highest BCUT2D eigenvalue weighted by atomic mass is 35.5. The fraction of sp³-hybridized carbons (Fsp3) is 0.0769. The number of nitro groups is 1. The van der Waals surface area contributed by atoms with E-state index in [9.17, 15) is 14.5 Å². The number of hydrogen-bond donors (Lipinski definition) is 0. The molecule has 0 N–H and O–H groups in total. The number of alkyl halides is 1. The summed E-state index contributed by atoms with van der Waals surface area (Å²) in [5, 5.41) is 11.0. The number of ether oxygens (including phenoxy) is 1. The van der Waals surface area contributed by atoms with E-state index in [4.69, 9.17) is 16.3 Å². The van der Waals surface area contributed by atoms with E-state index >= 15 is 0 Å². The minimum absolute atomic E-state index is 0.0884. The lowest BCUT2D eigenvalue weighted by atomic mass is 10.2. The maximum absolute atomic E-state index is 12.8. The number of halogens is 2. The summed E-state index contributed by atoms with van der Waals surface area (Å²) < 4.78 is 18.1. The van der Waals surface area contributed by atoms with Gasteiger partial charge in [0.1, 0.15) is 11.6 Å². The predicted molar refractivity (Wildman–Crippen MR) is 69.1 cm³/mol. The molecule has 2 rings (SSSR count). The molecular formula is C13H9ClFNO3. The van der Waals surface area contributed by atoms with Gasteiger partial charge in [0.05, 0.1) is 4.92 Å². The summed E-state index contributed by atoms with van der Waals surface area (Å²) in [7, 11) is 0. The van der Waals surface area contributed by atoms with Crippen LogP contribution in [-0.2, 0) is 5.88 Å². The zero-order valence-electron chi connectivity index (χ0n) is 9.68. The molecule has 0 aliphatic heterocycles. The van der Waals surface area contributed by atoms with Gasteiger partial charge in [-0.05, 0) is 35.9 Å². The lowest BCUT2D eigenvalue weighted by molar-refractivity contribution is -0.385. The number of rotatable bonds is 4. The molecule has 0 amide bonds. The molecule has 0 spiro atoms. The van der Waals surface area contributed by atoms with Crippen LogP contribution in [0.1, 0.15) is 5.56 Å². The fourth-order valence-electron chi connectivity index (χ4n) is 1.50. The van der Waals surface area contributed by atoms with Crippen LogP contribution in [0, 0.1) is 15.9 Å². The van der Waals surface area contributed by atoms with Gasteiger partial charge in [0, 0.05) is 11.9 Å². The van der Waals surface area contributed by atoms with Gasteiger partial charge in [-0.2, -0.15) is 0 Å². The highest BCUT2D eigenvalue weighted by Gasteiger charge is 2.16. The SMILES string of the molecule is O=[N+]([O-])c1cc(CCl)ccc1Oc1ccc(F)cc1. The van der Waals surface area contributed by atoms with Crippen LogP contribution in [0.3, 0.4) is 0 Å². The number of hydrogen-bond acceptors (Lipinski definition) is 3. The molecule has 0 atom stereocenters. The van der Waals surface area contributed by atoms with E-state index < -0.39 is 10.7 Å². The maximum atomic E-state index is 12.8. The second kappa shape index (κ2) is 5.67. The lowest BCUT2D eigenvalue weighted by Gasteiger charge is -2.07. The summed E-state index contributed by atoms with van der Waals surface area (Å²) in [5.41, 5.74) is 0.447. The molecule has 19 heavy (non-hydrogen) atoms. The number of nitro benzene ring substituents is 1. The first-order valence-electron chi connectivity index (χ1n) is 5.37. The van der Waals surface area contributed by atoms with Gasteiger partial charge in [-0.1, -0.05) is 6.07 Å². The average molecular weight is 282 g/mol. The molecule has 0 aliphatic rings. The Morgan fingerprint density at radius 3 is 2.47 bits per heavy atom. The monoisotopic (exact) mass is 281 g/mol. The Morgan fingerprint density at radius 2 is 1.89 bits per heavy atom. The average Bonchev–Trinajstić information content (AvgIpc) is 2.41. The van der Waals surface area contributed by atoms with Crippen LogP contribution in [-0.4, -0.2) is 4.92 Å². The molecule has 0 saturated carbocycles. The third-order valence-corrected chi connectivity index (χ3v) is 2.72. The highest BCUT2D eigenvalue weighted by Crippen LogP contribution is 2.32. The Bertz CT molecular complexity index is 601. The van der Waals surface area contributed by atoms with Gasteiger partial charge < -0.3 is 4.74 Å². The first-order chi connectivity index (χ1) is 9.10. The summed E-state index contributed by atoms with van der Waals surface area (Å²) in [6.45, 7) is 0. The highest BCUT2D eigenvalue weighted by molar-refractivity contribution is 6.17. The van der Waals surface area contributed by atoms with Crippen molar-refractivity contribution in [1.29, 1.82) is 0 Å². The Labute approximate surface area is 113 Å². The summed E-state index contributed by atoms with van der Waals surface area (Å²) in [5.74, 6) is 0.186. The second-order valence-corrected chi connectivity index (χ2v) is 4.02. The third-order valence-electron chi connectivity index (χ3n) is 2.42. The van der Waals surface area contributed by atoms with E-state index in [1.54, 1.807) is 6.07 Å². The molecule has 0 fully saturated rings. The molecule has 4 nitrogen and oxygen atoms in total. The Hall–Kier alpha value is -2.14. The van der Waals surface area contributed by atoms with E-state index in [1.807, 2.05) is 0 Å². The van der Waals surface area contributed by atoms with Crippen molar-refractivity contribution in [1.82, 2.24) is 0 Å². The fourth-order valence-corrected chi connectivity index (χ4v) is 1.67. The van der Waals surface area contributed by atoms with E-state index in [2.05, 4.69) is 0 Å². The van der Waals surface area contributed by atoms with Gasteiger partial charge in [0.2, 0.25) is 5.75 Å². The van der Waals surface area contributed by atoms with Crippen LogP contribution in [0.25, 0.3) is 0 Å². The summed E-state index contributed by atoms with van der Waals surface area (Å²) in [4.78, 5) is 10.4. The van der Waals surface area contributed by atoms with Crippen LogP contribution >= 0.6 is 11.6 Å². The van der Waals surface area contributed by atoms with Crippen molar-refractivity contribution in [3.63, 3.8) is 0 Å². The molecule has 6 heteroatoms. The van der Waals surface area contributed by atoms with Gasteiger partial charge in [-0.3, -0.25) is 10.1 Å². The second-order valence-electron chi connectivity index (χ2n) is 3.75. The Balaban J connectivity index is 2.33. The van der Waals surface area contributed by atoms with Crippen molar-refractivity contribution < 1.29 is 14.1 Å². The number of benzene rings is 2. The predicted octanol–water partition coefficient (Wildman–Crippen LogP) is 4.27. The molecule has 98 valence electrons. The summed E-state index contributed by atoms with van der Waals surface area (Å²) in [6.07, 6.45) is 0. The zero-order chi connectivity index (χ0) is 13.8. The van der Waals surface area contributed by atoms with Crippen molar-refractivity contribution in [2.45, 2.75) is 5.88 Å². The van der Waals surface area contributed by atoms with Crippen molar-refractivity contribution in [2.75, 3.05) is 0 Å². The molecule has 0 heterocycles. The first kappa shape index (κ1) is 13.3.